The summed E-state index contributed by atoms with van der Waals surface area (Å²) in [6.45, 7) is 3.78. The fraction of sp³-hybridized carbons (Fsp3) is 0.458. The third-order valence-corrected chi connectivity index (χ3v) is 6.36. The molecule has 7 nitrogen and oxygen atoms in total. The molecule has 3 rings (SSSR count). The number of aliphatic imine (C=N–C) groups is 1. The summed E-state index contributed by atoms with van der Waals surface area (Å²) in [5.41, 5.74) is 2.06. The van der Waals surface area contributed by atoms with Crippen LogP contribution in [0, 0.1) is 11.3 Å². The number of nitriles is 1. The van der Waals surface area contributed by atoms with Gasteiger partial charge in [0.05, 0.1) is 43.5 Å². The Kier molecular flexibility index (Phi) is 9.23. The first kappa shape index (κ1) is 23.9. The summed E-state index contributed by atoms with van der Waals surface area (Å²) >= 11 is 1.41. The minimum absolute atomic E-state index is 0.114. The maximum atomic E-state index is 13.3. The van der Waals surface area contributed by atoms with E-state index in [0.717, 1.165) is 23.5 Å². The van der Waals surface area contributed by atoms with Crippen LogP contribution in [0.5, 0.6) is 0 Å². The number of thiophene rings is 1. The van der Waals surface area contributed by atoms with Gasteiger partial charge in [-0.25, -0.2) is 4.99 Å². The van der Waals surface area contributed by atoms with E-state index < -0.39 is 0 Å². The van der Waals surface area contributed by atoms with Gasteiger partial charge in [-0.2, -0.15) is 5.26 Å². The number of methoxy groups -OCH3 is 1. The number of piperidine rings is 1. The number of amides is 1. The number of carbonyl (C=O) groups is 1. The summed E-state index contributed by atoms with van der Waals surface area (Å²) in [6.07, 6.45) is 5.45. The van der Waals surface area contributed by atoms with Crippen LogP contribution in [0.15, 0.2) is 35.3 Å². The predicted molar refractivity (Wildman–Crippen MR) is 126 cm³/mol. The number of hydrogen-bond donors (Lipinski definition) is 0. The number of likely N-dealkylation sites (tertiary alicyclic amines) is 1. The highest BCUT2D eigenvalue weighted by molar-refractivity contribution is 7.14. The average Bonchev–Trinajstić information content (AvgIpc) is 3.24. The molecule has 0 spiro atoms. The van der Waals surface area contributed by atoms with Gasteiger partial charge in [0.1, 0.15) is 4.88 Å². The molecule has 1 amide bonds. The van der Waals surface area contributed by atoms with Gasteiger partial charge in [0.25, 0.3) is 5.91 Å². The molecule has 0 bridgehead atoms. The molecule has 0 radical (unpaired) electrons. The summed E-state index contributed by atoms with van der Waals surface area (Å²) in [4.78, 5) is 23.4. The molecule has 2 aromatic rings. The van der Waals surface area contributed by atoms with Crippen LogP contribution in [0.1, 0.15) is 44.9 Å². The highest BCUT2D eigenvalue weighted by atomic mass is 32.1. The molecule has 170 valence electrons. The Morgan fingerprint density at radius 3 is 2.81 bits per heavy atom. The molecular weight excluding hydrogens is 424 g/mol. The number of hydrogen-bond acceptors (Lipinski definition) is 6. The summed E-state index contributed by atoms with van der Waals surface area (Å²) in [7, 11) is 3.39. The fourth-order valence-electron chi connectivity index (χ4n) is 3.51. The molecule has 0 N–H and O–H groups in total. The van der Waals surface area contributed by atoms with Crippen LogP contribution in [0.25, 0.3) is 0 Å². The molecule has 1 aliphatic rings. The van der Waals surface area contributed by atoms with Gasteiger partial charge in [0.15, 0.2) is 0 Å². The fourth-order valence-corrected chi connectivity index (χ4v) is 4.55. The quantitative estimate of drug-likeness (QED) is 0.305. The molecular formula is C24H30N4O3S. The second-order valence-electron chi connectivity index (χ2n) is 7.74. The Morgan fingerprint density at radius 1 is 1.28 bits per heavy atom. The lowest BCUT2D eigenvalue weighted by atomic mass is 10.1. The average molecular weight is 455 g/mol. The zero-order valence-electron chi connectivity index (χ0n) is 18.7. The Labute approximate surface area is 193 Å². The van der Waals surface area contributed by atoms with Gasteiger partial charge in [0.2, 0.25) is 0 Å². The van der Waals surface area contributed by atoms with Crippen molar-refractivity contribution in [2.45, 2.75) is 32.4 Å². The lowest BCUT2D eigenvalue weighted by Gasteiger charge is -2.23. The molecule has 0 atom stereocenters. The number of benzene rings is 1. The molecule has 32 heavy (non-hydrogen) atoms. The third-order valence-electron chi connectivity index (χ3n) is 5.28. The largest absolute Gasteiger partial charge is 0.382 e. The Hall–Kier alpha value is -2.73. The molecule has 2 heterocycles. The van der Waals surface area contributed by atoms with E-state index in [9.17, 15) is 10.1 Å². The second kappa shape index (κ2) is 12.3. The third kappa shape index (κ3) is 6.63. The van der Waals surface area contributed by atoms with Crippen molar-refractivity contribution in [1.82, 2.24) is 9.80 Å². The molecule has 0 saturated carbocycles. The van der Waals surface area contributed by atoms with Gasteiger partial charge in [-0.05, 0) is 37.0 Å². The molecule has 0 unspecified atom stereocenters. The lowest BCUT2D eigenvalue weighted by Crippen LogP contribution is -2.28. The molecule has 8 heteroatoms. The molecule has 0 aliphatic carbocycles. The van der Waals surface area contributed by atoms with E-state index in [1.165, 1.54) is 30.6 Å². The predicted octanol–water partition coefficient (Wildman–Crippen LogP) is 4.20. The van der Waals surface area contributed by atoms with Crippen molar-refractivity contribution in [1.29, 1.82) is 5.26 Å². The van der Waals surface area contributed by atoms with Gasteiger partial charge in [-0.15, -0.1) is 11.3 Å². The Morgan fingerprint density at radius 2 is 2.06 bits per heavy atom. The summed E-state index contributed by atoms with van der Waals surface area (Å²) in [5, 5.41) is 9.35. The second-order valence-corrected chi connectivity index (χ2v) is 8.88. The van der Waals surface area contributed by atoms with Crippen LogP contribution < -0.4 is 0 Å². The van der Waals surface area contributed by atoms with Gasteiger partial charge < -0.3 is 19.3 Å². The summed E-state index contributed by atoms with van der Waals surface area (Å²) in [6, 6.07) is 11.5. The summed E-state index contributed by atoms with van der Waals surface area (Å²) < 4.78 is 10.7. The first-order chi connectivity index (χ1) is 15.6. The normalized spacial score (nSPS) is 14.0. The van der Waals surface area contributed by atoms with Crippen LogP contribution in [0.4, 0.5) is 5.69 Å². The number of rotatable bonds is 10. The molecule has 1 aliphatic heterocycles. The molecule has 1 aromatic heterocycles. The summed E-state index contributed by atoms with van der Waals surface area (Å²) in [5.74, 6) is -0.114. The lowest BCUT2D eigenvalue weighted by molar-refractivity contribution is 0.0629. The van der Waals surface area contributed by atoms with Crippen molar-refractivity contribution >= 4 is 29.3 Å². The standard InChI is InChI=1S/C24H30N4O3S/c1-27(16-20-9-5-4-8-19(20)15-25)24(29)23-22(26-18-28-10-6-3-7-11-28)14-21(32-23)17-31-13-12-30-2/h4-5,8-9,14,18H,3,6-7,10-13,16-17H2,1-2H3/b26-18+. The zero-order valence-corrected chi connectivity index (χ0v) is 19.6. The van der Waals surface area contributed by atoms with E-state index in [4.69, 9.17) is 9.47 Å². The Bertz CT molecular complexity index is 960. The minimum atomic E-state index is -0.114. The van der Waals surface area contributed by atoms with Crippen molar-refractivity contribution < 1.29 is 14.3 Å². The van der Waals surface area contributed by atoms with Crippen LogP contribution >= 0.6 is 11.3 Å². The van der Waals surface area contributed by atoms with Gasteiger partial charge in [-0.3, -0.25) is 4.79 Å². The topological polar surface area (TPSA) is 78.2 Å². The molecule has 1 saturated heterocycles. The van der Waals surface area contributed by atoms with Gasteiger partial charge >= 0.3 is 0 Å². The van der Waals surface area contributed by atoms with Crippen molar-refractivity contribution in [3.63, 3.8) is 0 Å². The van der Waals surface area contributed by atoms with Gasteiger partial charge in [0, 0.05) is 38.7 Å². The van der Waals surface area contributed by atoms with Crippen LogP contribution in [0.3, 0.4) is 0 Å². The monoisotopic (exact) mass is 454 g/mol. The molecule has 1 fully saturated rings. The number of carbonyl (C=O) groups excluding carboxylic acids is 1. The van der Waals surface area contributed by atoms with Gasteiger partial charge in [-0.1, -0.05) is 18.2 Å². The van der Waals surface area contributed by atoms with Crippen molar-refractivity contribution in [3.8, 4) is 6.07 Å². The van der Waals surface area contributed by atoms with E-state index >= 15 is 0 Å². The van der Waals surface area contributed by atoms with Crippen molar-refractivity contribution in [3.05, 3.63) is 51.2 Å². The highest BCUT2D eigenvalue weighted by Crippen LogP contribution is 2.32. The SMILES string of the molecule is COCCOCc1cc(/N=C/N2CCCCC2)c(C(=O)N(C)Cc2ccccc2C#N)s1. The van der Waals surface area contributed by atoms with E-state index in [1.807, 2.05) is 30.6 Å². The first-order valence-corrected chi connectivity index (χ1v) is 11.6. The zero-order chi connectivity index (χ0) is 22.8. The smallest absolute Gasteiger partial charge is 0.266 e. The maximum absolute atomic E-state index is 13.3. The first-order valence-electron chi connectivity index (χ1n) is 10.8. The van der Waals surface area contributed by atoms with Crippen LogP contribution in [0.2, 0.25) is 0 Å². The van der Waals surface area contributed by atoms with Crippen molar-refractivity contribution in [2.75, 3.05) is 40.5 Å². The molecule has 1 aromatic carbocycles. The Balaban J connectivity index is 1.78. The minimum Gasteiger partial charge on any atom is -0.382 e. The maximum Gasteiger partial charge on any atom is 0.266 e. The van der Waals surface area contributed by atoms with E-state index in [2.05, 4.69) is 16.0 Å². The van der Waals surface area contributed by atoms with E-state index in [-0.39, 0.29) is 5.91 Å². The van der Waals surface area contributed by atoms with Crippen molar-refractivity contribution in [2.24, 2.45) is 4.99 Å². The highest BCUT2D eigenvalue weighted by Gasteiger charge is 2.21. The van der Waals surface area contributed by atoms with E-state index in [0.29, 0.717) is 42.5 Å². The van der Waals surface area contributed by atoms with E-state index in [1.54, 1.807) is 25.1 Å². The van der Waals surface area contributed by atoms with Crippen LogP contribution in [-0.2, 0) is 22.6 Å². The number of ether oxygens (including phenoxy) is 2. The number of nitrogens with zero attached hydrogens (tertiary/aromatic N) is 4. The van der Waals surface area contributed by atoms with Crippen LogP contribution in [-0.4, -0.2) is 62.5 Å².